The average Bonchev–Trinajstić information content (AvgIpc) is 3.37. The number of carbonyl (C=O) groups is 2. The van der Waals surface area contributed by atoms with E-state index in [0.717, 1.165) is 12.8 Å². The Morgan fingerprint density at radius 1 is 1.41 bits per heavy atom. The lowest BCUT2D eigenvalue weighted by molar-refractivity contribution is -0.125. The Balaban J connectivity index is 1.89. The van der Waals surface area contributed by atoms with Crippen LogP contribution in [0.3, 0.4) is 0 Å². The fourth-order valence-corrected chi connectivity index (χ4v) is 2.14. The molecular weight excluding hydrogens is 282 g/mol. The first kappa shape index (κ1) is 15.5. The first-order chi connectivity index (χ1) is 10.5. The van der Waals surface area contributed by atoms with E-state index in [2.05, 4.69) is 11.4 Å². The minimum Gasteiger partial charge on any atom is -0.452 e. The van der Waals surface area contributed by atoms with Gasteiger partial charge < -0.3 is 10.1 Å². The topological polar surface area (TPSA) is 103 Å². The fourth-order valence-electron chi connectivity index (χ4n) is 2.14. The number of benzene rings is 1. The van der Waals surface area contributed by atoms with Crippen molar-refractivity contribution in [3.05, 3.63) is 35.4 Å². The number of hydrogen-bond acceptors (Lipinski definition) is 5. The van der Waals surface area contributed by atoms with Crippen LogP contribution in [-0.2, 0) is 9.53 Å². The van der Waals surface area contributed by atoms with Crippen LogP contribution in [0.15, 0.2) is 24.3 Å². The number of nitriles is 2. The molecule has 0 unspecified atom stereocenters. The standard InChI is InChI=1S/C16H15N3O3/c1-16(10-18,13-5-6-13)19-14(20)9-22-15(21)12-4-2-3-11(7-12)8-17/h2-4,7,13H,5-6,9H2,1H3,(H,19,20)/t16-/m1/s1. The van der Waals surface area contributed by atoms with E-state index in [4.69, 9.17) is 15.3 Å². The molecular formula is C16H15N3O3. The number of carbonyl (C=O) groups excluding carboxylic acids is 2. The van der Waals surface area contributed by atoms with Gasteiger partial charge in [0.25, 0.3) is 5.91 Å². The van der Waals surface area contributed by atoms with Gasteiger partial charge in [0.15, 0.2) is 6.61 Å². The van der Waals surface area contributed by atoms with Crippen molar-refractivity contribution in [1.82, 2.24) is 5.32 Å². The summed E-state index contributed by atoms with van der Waals surface area (Å²) in [6.45, 7) is 1.21. The van der Waals surface area contributed by atoms with Gasteiger partial charge in [-0.15, -0.1) is 0 Å². The van der Waals surface area contributed by atoms with Gasteiger partial charge in [-0.25, -0.2) is 4.79 Å². The van der Waals surface area contributed by atoms with E-state index in [0.29, 0.717) is 5.56 Å². The molecule has 1 aromatic carbocycles. The highest BCUT2D eigenvalue weighted by molar-refractivity contribution is 5.91. The number of nitrogens with zero attached hydrogens (tertiary/aromatic N) is 2. The molecule has 1 saturated carbocycles. The molecule has 112 valence electrons. The van der Waals surface area contributed by atoms with Crippen molar-refractivity contribution in [2.24, 2.45) is 5.92 Å². The van der Waals surface area contributed by atoms with Crippen molar-refractivity contribution in [2.75, 3.05) is 6.61 Å². The molecule has 0 heterocycles. The SMILES string of the molecule is C[C@](C#N)(NC(=O)COC(=O)c1cccc(C#N)c1)C1CC1. The van der Waals surface area contributed by atoms with E-state index in [-0.39, 0.29) is 11.5 Å². The molecule has 2 rings (SSSR count). The highest BCUT2D eigenvalue weighted by atomic mass is 16.5. The van der Waals surface area contributed by atoms with Gasteiger partial charge in [0.2, 0.25) is 0 Å². The molecule has 22 heavy (non-hydrogen) atoms. The van der Waals surface area contributed by atoms with E-state index in [9.17, 15) is 9.59 Å². The molecule has 0 radical (unpaired) electrons. The van der Waals surface area contributed by atoms with Crippen molar-refractivity contribution in [3.63, 3.8) is 0 Å². The van der Waals surface area contributed by atoms with Crippen LogP contribution in [-0.4, -0.2) is 24.0 Å². The van der Waals surface area contributed by atoms with Crippen molar-refractivity contribution in [2.45, 2.75) is 25.3 Å². The Hall–Kier alpha value is -2.86. The lowest BCUT2D eigenvalue weighted by Gasteiger charge is -2.22. The zero-order valence-corrected chi connectivity index (χ0v) is 12.1. The van der Waals surface area contributed by atoms with Gasteiger partial charge in [0, 0.05) is 0 Å². The van der Waals surface area contributed by atoms with Crippen LogP contribution in [0, 0.1) is 28.6 Å². The summed E-state index contributed by atoms with van der Waals surface area (Å²) < 4.78 is 4.91. The van der Waals surface area contributed by atoms with Gasteiger partial charge in [-0.1, -0.05) is 6.07 Å². The molecule has 0 spiro atoms. The predicted molar refractivity (Wildman–Crippen MR) is 76.3 cm³/mol. The lowest BCUT2D eigenvalue weighted by atomic mass is 9.98. The zero-order valence-electron chi connectivity index (χ0n) is 12.1. The third-order valence-corrected chi connectivity index (χ3v) is 3.59. The first-order valence-electron chi connectivity index (χ1n) is 6.88. The summed E-state index contributed by atoms with van der Waals surface area (Å²) in [4.78, 5) is 23.6. The largest absolute Gasteiger partial charge is 0.452 e. The fraction of sp³-hybridized carbons (Fsp3) is 0.375. The Morgan fingerprint density at radius 3 is 2.73 bits per heavy atom. The van der Waals surface area contributed by atoms with Crippen LogP contribution in [0.5, 0.6) is 0 Å². The summed E-state index contributed by atoms with van der Waals surface area (Å²) in [7, 11) is 0. The molecule has 1 aromatic rings. The maximum atomic E-state index is 11.8. The van der Waals surface area contributed by atoms with E-state index < -0.39 is 24.0 Å². The second-order valence-electron chi connectivity index (χ2n) is 5.41. The maximum absolute atomic E-state index is 11.8. The second kappa shape index (κ2) is 6.28. The smallest absolute Gasteiger partial charge is 0.338 e. The quantitative estimate of drug-likeness (QED) is 0.830. The number of nitrogens with one attached hydrogen (secondary N) is 1. The molecule has 6 heteroatoms. The van der Waals surface area contributed by atoms with Crippen LogP contribution < -0.4 is 5.32 Å². The molecule has 1 amide bonds. The van der Waals surface area contributed by atoms with Gasteiger partial charge in [0.1, 0.15) is 5.54 Å². The molecule has 1 N–H and O–H groups in total. The summed E-state index contributed by atoms with van der Waals surface area (Å²) in [5.41, 5.74) is -0.369. The molecule has 0 bridgehead atoms. The van der Waals surface area contributed by atoms with Crippen LogP contribution in [0.1, 0.15) is 35.7 Å². The van der Waals surface area contributed by atoms with E-state index in [1.165, 1.54) is 12.1 Å². The van der Waals surface area contributed by atoms with Crippen molar-refractivity contribution in [1.29, 1.82) is 10.5 Å². The number of esters is 1. The molecule has 0 aliphatic heterocycles. The molecule has 1 fully saturated rings. The van der Waals surface area contributed by atoms with Crippen molar-refractivity contribution < 1.29 is 14.3 Å². The lowest BCUT2D eigenvalue weighted by Crippen LogP contribution is -2.48. The summed E-state index contributed by atoms with van der Waals surface area (Å²) in [6.07, 6.45) is 1.82. The van der Waals surface area contributed by atoms with Crippen molar-refractivity contribution >= 4 is 11.9 Å². The summed E-state index contributed by atoms with van der Waals surface area (Å²) in [5.74, 6) is -1.04. The van der Waals surface area contributed by atoms with Gasteiger partial charge in [-0.05, 0) is 43.9 Å². The van der Waals surface area contributed by atoms with Crippen LogP contribution >= 0.6 is 0 Å². The Labute approximate surface area is 128 Å². The van der Waals surface area contributed by atoms with Crippen LogP contribution in [0.25, 0.3) is 0 Å². The number of rotatable bonds is 5. The molecule has 0 saturated heterocycles. The van der Waals surface area contributed by atoms with Crippen molar-refractivity contribution in [3.8, 4) is 12.1 Å². The monoisotopic (exact) mass is 297 g/mol. The van der Waals surface area contributed by atoms with Gasteiger partial charge in [0.05, 0.1) is 23.3 Å². The first-order valence-corrected chi connectivity index (χ1v) is 6.88. The zero-order chi connectivity index (χ0) is 16.2. The number of ether oxygens (including phenoxy) is 1. The minimum absolute atomic E-state index is 0.157. The van der Waals surface area contributed by atoms with Crippen LogP contribution in [0.4, 0.5) is 0 Å². The average molecular weight is 297 g/mol. The number of amides is 1. The summed E-state index contributed by atoms with van der Waals surface area (Å²) in [6, 6.07) is 10.0. The van der Waals surface area contributed by atoms with E-state index in [1.54, 1.807) is 19.1 Å². The predicted octanol–water partition coefficient (Wildman–Crippen LogP) is 1.52. The van der Waals surface area contributed by atoms with E-state index >= 15 is 0 Å². The normalized spacial score (nSPS) is 15.8. The molecule has 1 aliphatic carbocycles. The van der Waals surface area contributed by atoms with Crippen LogP contribution in [0.2, 0.25) is 0 Å². The third-order valence-electron chi connectivity index (χ3n) is 3.59. The number of hydrogen-bond donors (Lipinski definition) is 1. The summed E-state index contributed by atoms with van der Waals surface area (Å²) >= 11 is 0. The highest BCUT2D eigenvalue weighted by Crippen LogP contribution is 2.39. The van der Waals surface area contributed by atoms with E-state index in [1.807, 2.05) is 6.07 Å². The Bertz CT molecular complexity index is 683. The minimum atomic E-state index is -0.912. The third kappa shape index (κ3) is 3.62. The molecule has 1 aliphatic rings. The molecule has 0 aromatic heterocycles. The highest BCUT2D eigenvalue weighted by Gasteiger charge is 2.43. The maximum Gasteiger partial charge on any atom is 0.338 e. The summed E-state index contributed by atoms with van der Waals surface area (Å²) in [5, 5.41) is 20.5. The Kier molecular flexibility index (Phi) is 4.43. The van der Waals surface area contributed by atoms with Gasteiger partial charge >= 0.3 is 5.97 Å². The van der Waals surface area contributed by atoms with Gasteiger partial charge in [-0.3, -0.25) is 4.79 Å². The Morgan fingerprint density at radius 2 is 2.14 bits per heavy atom. The molecule has 6 nitrogen and oxygen atoms in total. The second-order valence-corrected chi connectivity index (χ2v) is 5.41. The molecule has 1 atom stereocenters. The van der Waals surface area contributed by atoms with Gasteiger partial charge in [-0.2, -0.15) is 10.5 Å².